The average molecular weight is 340 g/mol. The number of nitrogens with zero attached hydrogens (tertiary/aromatic N) is 2. The summed E-state index contributed by atoms with van der Waals surface area (Å²) >= 11 is 0. The normalized spacial score (nSPS) is 12.3. The van der Waals surface area contributed by atoms with Gasteiger partial charge >= 0.3 is 5.97 Å². The van der Waals surface area contributed by atoms with Crippen LogP contribution in [-0.2, 0) is 9.53 Å². The Morgan fingerprint density at radius 3 is 2.84 bits per heavy atom. The maximum absolute atomic E-state index is 11.9. The molecule has 1 unspecified atom stereocenters. The van der Waals surface area contributed by atoms with Crippen molar-refractivity contribution in [2.45, 2.75) is 26.4 Å². The van der Waals surface area contributed by atoms with Gasteiger partial charge in [0, 0.05) is 23.8 Å². The first kappa shape index (κ1) is 17.9. The van der Waals surface area contributed by atoms with Gasteiger partial charge in [-0.3, -0.25) is 10.1 Å². The van der Waals surface area contributed by atoms with E-state index in [9.17, 15) is 14.9 Å². The van der Waals surface area contributed by atoms with E-state index in [1.807, 2.05) is 6.92 Å². The molecule has 0 bridgehead atoms. The highest BCUT2D eigenvalue weighted by Crippen LogP contribution is 2.26. The maximum Gasteiger partial charge on any atom is 0.349 e. The molecule has 1 atom stereocenters. The molecule has 1 aromatic heterocycles. The third-order valence-corrected chi connectivity index (χ3v) is 3.48. The molecule has 0 aliphatic carbocycles. The molecule has 0 fully saturated rings. The highest BCUT2D eigenvalue weighted by molar-refractivity contribution is 5.97. The van der Waals surface area contributed by atoms with Gasteiger partial charge in [0.25, 0.3) is 5.69 Å². The molecule has 0 radical (unpaired) electrons. The summed E-state index contributed by atoms with van der Waals surface area (Å²) in [7, 11) is 0. The van der Waals surface area contributed by atoms with E-state index >= 15 is 0 Å². The number of non-ortho nitro benzene ring substituents is 1. The summed E-state index contributed by atoms with van der Waals surface area (Å²) in [5.74, 6) is -0.0492. The zero-order chi connectivity index (χ0) is 18.4. The Balaban J connectivity index is 2.25. The zero-order valence-corrected chi connectivity index (χ0v) is 13.8. The van der Waals surface area contributed by atoms with E-state index in [0.29, 0.717) is 17.7 Å². The first-order chi connectivity index (χ1) is 11.9. The van der Waals surface area contributed by atoms with E-state index in [2.05, 4.69) is 0 Å². The minimum atomic E-state index is -0.717. The van der Waals surface area contributed by atoms with Crippen LogP contribution < -0.4 is 0 Å². The molecule has 1 aromatic carbocycles. The number of rotatable bonds is 6. The molecule has 25 heavy (non-hydrogen) atoms. The molecule has 0 amide bonds. The number of nitriles is 1. The van der Waals surface area contributed by atoms with E-state index in [0.717, 1.165) is 0 Å². The second-order valence-electron chi connectivity index (χ2n) is 5.30. The molecule has 0 aliphatic heterocycles. The van der Waals surface area contributed by atoms with E-state index < -0.39 is 10.9 Å². The van der Waals surface area contributed by atoms with Gasteiger partial charge in [-0.1, -0.05) is 19.1 Å². The first-order valence-electron chi connectivity index (χ1n) is 7.62. The predicted molar refractivity (Wildman–Crippen MR) is 90.2 cm³/mol. The first-order valence-corrected chi connectivity index (χ1v) is 7.62. The molecule has 0 aliphatic rings. The second kappa shape index (κ2) is 7.93. The van der Waals surface area contributed by atoms with Crippen LogP contribution in [0.1, 0.15) is 26.0 Å². The fraction of sp³-hybridized carbons (Fsp3) is 0.222. The quantitative estimate of drug-likeness (QED) is 0.257. The summed E-state index contributed by atoms with van der Waals surface area (Å²) in [5.41, 5.74) is 0.288. The lowest BCUT2D eigenvalue weighted by atomic mass is 10.1. The average Bonchev–Trinajstić information content (AvgIpc) is 3.08. The summed E-state index contributed by atoms with van der Waals surface area (Å²) < 4.78 is 10.7. The smallest absolute Gasteiger partial charge is 0.349 e. The minimum Gasteiger partial charge on any atom is -0.459 e. The van der Waals surface area contributed by atoms with Gasteiger partial charge in [0.15, 0.2) is 0 Å². The zero-order valence-electron chi connectivity index (χ0n) is 13.8. The molecule has 0 N–H and O–H groups in total. The van der Waals surface area contributed by atoms with Crippen LogP contribution in [0.15, 0.2) is 46.4 Å². The molecule has 1 heterocycles. The van der Waals surface area contributed by atoms with Crippen LogP contribution >= 0.6 is 0 Å². The predicted octanol–water partition coefficient (Wildman–Crippen LogP) is 4.10. The van der Waals surface area contributed by atoms with Gasteiger partial charge in [0.2, 0.25) is 0 Å². The topological polar surface area (TPSA) is 106 Å². The number of nitro benzene ring substituents is 1. The largest absolute Gasteiger partial charge is 0.459 e. The Hall–Kier alpha value is -3.40. The van der Waals surface area contributed by atoms with Crippen LogP contribution in [0.4, 0.5) is 5.69 Å². The van der Waals surface area contributed by atoms with Crippen molar-refractivity contribution in [3.63, 3.8) is 0 Å². The van der Waals surface area contributed by atoms with E-state index in [1.165, 1.54) is 18.2 Å². The van der Waals surface area contributed by atoms with Gasteiger partial charge < -0.3 is 9.15 Å². The fourth-order valence-corrected chi connectivity index (χ4v) is 1.97. The number of benzene rings is 1. The van der Waals surface area contributed by atoms with Crippen molar-refractivity contribution in [1.29, 1.82) is 5.26 Å². The highest BCUT2D eigenvalue weighted by atomic mass is 16.6. The SMILES string of the molecule is CCC(C)OC(=O)C(C#N)=Cc1ccc(-c2cccc([N+](=O)[O-])c2)o1. The van der Waals surface area contributed by atoms with E-state index in [1.54, 1.807) is 37.3 Å². The van der Waals surface area contributed by atoms with Crippen molar-refractivity contribution in [2.24, 2.45) is 0 Å². The van der Waals surface area contributed by atoms with Crippen molar-refractivity contribution in [3.8, 4) is 17.4 Å². The van der Waals surface area contributed by atoms with Gasteiger partial charge in [-0.2, -0.15) is 5.26 Å². The standard InChI is InChI=1S/C18H16N2O5/c1-3-12(2)24-18(21)14(11-19)10-16-7-8-17(25-16)13-5-4-6-15(9-13)20(22)23/h4-10,12H,3H2,1-2H3. The van der Waals surface area contributed by atoms with Crippen molar-refractivity contribution in [2.75, 3.05) is 0 Å². The number of carbonyl (C=O) groups is 1. The Labute approximate surface area is 144 Å². The highest BCUT2D eigenvalue weighted by Gasteiger charge is 2.15. The number of hydrogen-bond donors (Lipinski definition) is 0. The molecule has 128 valence electrons. The lowest BCUT2D eigenvalue weighted by Crippen LogP contribution is -2.15. The molecule has 7 nitrogen and oxygen atoms in total. The maximum atomic E-state index is 11.9. The van der Waals surface area contributed by atoms with Crippen LogP contribution in [0.2, 0.25) is 0 Å². The number of nitro groups is 1. The monoisotopic (exact) mass is 340 g/mol. The van der Waals surface area contributed by atoms with Crippen LogP contribution in [0.5, 0.6) is 0 Å². The molecule has 0 spiro atoms. The summed E-state index contributed by atoms with van der Waals surface area (Å²) in [5, 5.41) is 20.0. The number of ether oxygens (including phenoxy) is 1. The van der Waals surface area contributed by atoms with Crippen molar-refractivity contribution in [3.05, 3.63) is 57.8 Å². The van der Waals surface area contributed by atoms with Crippen LogP contribution in [0.25, 0.3) is 17.4 Å². The lowest BCUT2D eigenvalue weighted by Gasteiger charge is -2.09. The van der Waals surface area contributed by atoms with Crippen LogP contribution in [-0.4, -0.2) is 17.0 Å². The lowest BCUT2D eigenvalue weighted by molar-refractivity contribution is -0.384. The molecular weight excluding hydrogens is 324 g/mol. The van der Waals surface area contributed by atoms with Gasteiger partial charge in [-0.15, -0.1) is 0 Å². The molecule has 0 saturated heterocycles. The Morgan fingerprint density at radius 2 is 2.20 bits per heavy atom. The Bertz CT molecular complexity index is 860. The number of hydrogen-bond acceptors (Lipinski definition) is 6. The molecule has 7 heteroatoms. The summed E-state index contributed by atoms with van der Waals surface area (Å²) in [6, 6.07) is 11.0. The Kier molecular flexibility index (Phi) is 5.69. The molecular formula is C18H16N2O5. The van der Waals surface area contributed by atoms with Crippen molar-refractivity contribution in [1.82, 2.24) is 0 Å². The fourth-order valence-electron chi connectivity index (χ4n) is 1.97. The molecule has 2 rings (SSSR count). The molecule has 2 aromatic rings. The van der Waals surface area contributed by atoms with Gasteiger partial charge in [0.1, 0.15) is 23.2 Å². The summed E-state index contributed by atoms with van der Waals surface area (Å²) in [4.78, 5) is 22.3. The van der Waals surface area contributed by atoms with Gasteiger partial charge in [-0.25, -0.2) is 4.79 Å². The van der Waals surface area contributed by atoms with Crippen LogP contribution in [0.3, 0.4) is 0 Å². The third-order valence-electron chi connectivity index (χ3n) is 3.48. The van der Waals surface area contributed by atoms with E-state index in [-0.39, 0.29) is 23.1 Å². The molecule has 0 saturated carbocycles. The van der Waals surface area contributed by atoms with E-state index in [4.69, 9.17) is 14.4 Å². The number of esters is 1. The second-order valence-corrected chi connectivity index (χ2v) is 5.30. The van der Waals surface area contributed by atoms with Crippen molar-refractivity contribution < 1.29 is 18.9 Å². The summed E-state index contributed by atoms with van der Waals surface area (Å²) in [6.45, 7) is 3.60. The number of carbonyl (C=O) groups excluding carboxylic acids is 1. The van der Waals surface area contributed by atoms with Gasteiger partial charge in [-0.05, 0) is 25.5 Å². The minimum absolute atomic E-state index is 0.0548. The van der Waals surface area contributed by atoms with Crippen molar-refractivity contribution >= 4 is 17.7 Å². The summed E-state index contributed by atoms with van der Waals surface area (Å²) in [6.07, 6.45) is 1.63. The third kappa shape index (κ3) is 4.54. The number of furan rings is 1. The van der Waals surface area contributed by atoms with Crippen LogP contribution in [0, 0.1) is 21.4 Å². The van der Waals surface area contributed by atoms with Gasteiger partial charge in [0.05, 0.1) is 11.0 Å². The Morgan fingerprint density at radius 1 is 1.44 bits per heavy atom.